The third-order valence-corrected chi connectivity index (χ3v) is 10.2. The standard InChI is InChI=1S/C13H27Te/c1-11(2)7-8-14(9-12(3)4)10-13(5)6/h7,12-13H,8-10H2,1-6H3/q+1. The van der Waals surface area contributed by atoms with Crippen LogP contribution < -0.4 is 0 Å². The first-order chi connectivity index (χ1) is 6.41. The molecule has 0 rings (SSSR count). The van der Waals surface area contributed by atoms with E-state index in [1.165, 1.54) is 10.0 Å². The first kappa shape index (κ1) is 14.5. The van der Waals surface area contributed by atoms with Gasteiger partial charge in [-0.05, 0) is 0 Å². The Labute approximate surface area is 97.8 Å². The Morgan fingerprint density at radius 1 is 1.00 bits per heavy atom. The van der Waals surface area contributed by atoms with Crippen LogP contribution in [0, 0.1) is 11.8 Å². The van der Waals surface area contributed by atoms with E-state index in [4.69, 9.17) is 0 Å². The van der Waals surface area contributed by atoms with Gasteiger partial charge in [-0.1, -0.05) is 0 Å². The molecule has 0 amide bonds. The molecule has 0 aliphatic carbocycles. The topological polar surface area (TPSA) is 0 Å². The molecule has 0 nitrogen and oxygen atoms in total. The third kappa shape index (κ3) is 9.10. The Morgan fingerprint density at radius 3 is 1.71 bits per heavy atom. The van der Waals surface area contributed by atoms with Crippen LogP contribution in [0.3, 0.4) is 0 Å². The fourth-order valence-corrected chi connectivity index (χ4v) is 9.60. The molecule has 0 aromatic rings. The predicted molar refractivity (Wildman–Crippen MR) is 69.3 cm³/mol. The normalized spacial score (nSPS) is 11.5. The number of hydrogen-bond acceptors (Lipinski definition) is 0. The van der Waals surface area contributed by atoms with Crippen LogP contribution in [0.4, 0.5) is 0 Å². The van der Waals surface area contributed by atoms with Gasteiger partial charge in [0.25, 0.3) is 0 Å². The third-order valence-electron chi connectivity index (χ3n) is 1.87. The van der Waals surface area contributed by atoms with Crippen molar-refractivity contribution in [2.24, 2.45) is 11.8 Å². The summed E-state index contributed by atoms with van der Waals surface area (Å²) in [5, 5.41) is 0. The Bertz CT molecular complexity index is 154. The van der Waals surface area contributed by atoms with Crippen molar-refractivity contribution in [3.05, 3.63) is 11.6 Å². The quantitative estimate of drug-likeness (QED) is 0.490. The first-order valence-electron chi connectivity index (χ1n) is 5.69. The van der Waals surface area contributed by atoms with Crippen LogP contribution in [0.2, 0.25) is 13.4 Å². The van der Waals surface area contributed by atoms with Crippen LogP contribution in [0.1, 0.15) is 41.5 Å². The molecular formula is C13H27Te+. The van der Waals surface area contributed by atoms with Crippen molar-refractivity contribution in [2.45, 2.75) is 54.9 Å². The summed E-state index contributed by atoms with van der Waals surface area (Å²) in [6, 6.07) is 0. The van der Waals surface area contributed by atoms with Gasteiger partial charge in [-0.3, -0.25) is 0 Å². The van der Waals surface area contributed by atoms with Gasteiger partial charge in [0.15, 0.2) is 0 Å². The van der Waals surface area contributed by atoms with Crippen LogP contribution >= 0.6 is 0 Å². The van der Waals surface area contributed by atoms with Gasteiger partial charge in [0.05, 0.1) is 0 Å². The molecule has 0 radical (unpaired) electrons. The zero-order valence-electron chi connectivity index (χ0n) is 10.8. The predicted octanol–water partition coefficient (Wildman–Crippen LogP) is 4.76. The molecule has 0 spiro atoms. The molecule has 0 aromatic carbocycles. The van der Waals surface area contributed by atoms with Crippen molar-refractivity contribution in [1.82, 2.24) is 0 Å². The van der Waals surface area contributed by atoms with Gasteiger partial charge in [-0.2, -0.15) is 0 Å². The summed E-state index contributed by atoms with van der Waals surface area (Å²) in [7, 11) is 0. The molecule has 0 bridgehead atoms. The fourth-order valence-electron chi connectivity index (χ4n) is 1.43. The maximum atomic E-state index is 2.47. The van der Waals surface area contributed by atoms with Gasteiger partial charge in [-0.25, -0.2) is 0 Å². The summed E-state index contributed by atoms with van der Waals surface area (Å²) >= 11 is -0.790. The number of allylic oxidation sites excluding steroid dienone is 2. The van der Waals surface area contributed by atoms with E-state index in [1.54, 1.807) is 8.94 Å². The average molecular weight is 311 g/mol. The zero-order valence-corrected chi connectivity index (χ0v) is 13.1. The molecule has 84 valence electrons. The minimum absolute atomic E-state index is 0.790. The molecule has 14 heavy (non-hydrogen) atoms. The molecule has 1 heteroatoms. The van der Waals surface area contributed by atoms with E-state index in [0.717, 1.165) is 11.8 Å². The monoisotopic (exact) mass is 313 g/mol. The van der Waals surface area contributed by atoms with Crippen LogP contribution in [0.5, 0.6) is 0 Å². The Morgan fingerprint density at radius 2 is 1.43 bits per heavy atom. The van der Waals surface area contributed by atoms with E-state index < -0.39 is 19.6 Å². The Kier molecular flexibility index (Phi) is 8.07. The van der Waals surface area contributed by atoms with Crippen molar-refractivity contribution in [1.29, 1.82) is 0 Å². The molecule has 0 saturated carbocycles. The minimum atomic E-state index is -0.790. The van der Waals surface area contributed by atoms with E-state index in [1.807, 2.05) is 0 Å². The molecule has 0 atom stereocenters. The number of hydrogen-bond donors (Lipinski definition) is 0. The van der Waals surface area contributed by atoms with Gasteiger partial charge < -0.3 is 0 Å². The van der Waals surface area contributed by atoms with Crippen molar-refractivity contribution in [3.8, 4) is 0 Å². The SMILES string of the molecule is CC(C)=CC[Te+](CC(C)C)CC(C)C. The van der Waals surface area contributed by atoms with E-state index in [-0.39, 0.29) is 0 Å². The second-order valence-electron chi connectivity index (χ2n) is 5.18. The molecule has 0 heterocycles. The van der Waals surface area contributed by atoms with E-state index in [0.29, 0.717) is 0 Å². The summed E-state index contributed by atoms with van der Waals surface area (Å²) in [5.41, 5.74) is 1.50. The van der Waals surface area contributed by atoms with E-state index in [2.05, 4.69) is 47.6 Å². The summed E-state index contributed by atoms with van der Waals surface area (Å²) < 4.78 is 4.54. The molecule has 0 saturated heterocycles. The zero-order chi connectivity index (χ0) is 11.1. The maximum absolute atomic E-state index is 2.47. The molecular weight excluding hydrogens is 284 g/mol. The van der Waals surface area contributed by atoms with Crippen LogP contribution in [-0.2, 0) is 0 Å². The summed E-state index contributed by atoms with van der Waals surface area (Å²) in [6.45, 7) is 13.9. The molecule has 0 aromatic heterocycles. The molecule has 0 N–H and O–H groups in total. The second-order valence-corrected chi connectivity index (χ2v) is 11.5. The van der Waals surface area contributed by atoms with Crippen LogP contribution in [0.25, 0.3) is 0 Å². The van der Waals surface area contributed by atoms with Crippen LogP contribution in [0.15, 0.2) is 11.6 Å². The summed E-state index contributed by atoms with van der Waals surface area (Å²) in [5.74, 6) is 1.83. The van der Waals surface area contributed by atoms with E-state index in [9.17, 15) is 0 Å². The van der Waals surface area contributed by atoms with Gasteiger partial charge in [0.1, 0.15) is 0 Å². The average Bonchev–Trinajstić information content (AvgIpc) is 1.97. The van der Waals surface area contributed by atoms with E-state index >= 15 is 0 Å². The van der Waals surface area contributed by atoms with Crippen LogP contribution in [-0.4, -0.2) is 19.6 Å². The molecule has 0 fully saturated rings. The van der Waals surface area contributed by atoms with Gasteiger partial charge in [0, 0.05) is 0 Å². The van der Waals surface area contributed by atoms with Crippen molar-refractivity contribution >= 4 is 19.6 Å². The van der Waals surface area contributed by atoms with Crippen molar-refractivity contribution < 1.29 is 0 Å². The molecule has 0 unspecified atom stereocenters. The second kappa shape index (κ2) is 7.77. The van der Waals surface area contributed by atoms with Crippen molar-refractivity contribution in [3.63, 3.8) is 0 Å². The summed E-state index contributed by atoms with van der Waals surface area (Å²) in [6.07, 6.45) is 2.47. The van der Waals surface area contributed by atoms with Gasteiger partial charge in [-0.15, -0.1) is 0 Å². The Balaban J connectivity index is 4.03. The first-order valence-corrected chi connectivity index (χ1v) is 10.6. The molecule has 0 aliphatic rings. The summed E-state index contributed by atoms with van der Waals surface area (Å²) in [4.78, 5) is 0. The van der Waals surface area contributed by atoms with Crippen molar-refractivity contribution in [2.75, 3.05) is 0 Å². The van der Waals surface area contributed by atoms with Gasteiger partial charge in [0.2, 0.25) is 0 Å². The number of rotatable bonds is 6. The molecule has 0 aliphatic heterocycles. The fraction of sp³-hybridized carbons (Fsp3) is 0.846. The Hall–Kier alpha value is 0.530. The van der Waals surface area contributed by atoms with Gasteiger partial charge >= 0.3 is 98.0 Å².